The lowest BCUT2D eigenvalue weighted by Crippen LogP contribution is -2.37. The van der Waals surface area contributed by atoms with Crippen molar-refractivity contribution in [1.29, 1.82) is 0 Å². The molecule has 0 aromatic carbocycles. The molecule has 19 heavy (non-hydrogen) atoms. The van der Waals surface area contributed by atoms with Crippen LogP contribution < -0.4 is 5.32 Å². The van der Waals surface area contributed by atoms with Gasteiger partial charge in [-0.15, -0.1) is 0 Å². The van der Waals surface area contributed by atoms with Crippen molar-refractivity contribution in [1.82, 2.24) is 14.9 Å². The number of nitrogens with one attached hydrogen (secondary N) is 1. The van der Waals surface area contributed by atoms with Gasteiger partial charge in [-0.25, -0.2) is 9.97 Å². The summed E-state index contributed by atoms with van der Waals surface area (Å²) in [5.74, 6) is 2.59. The first-order chi connectivity index (χ1) is 9.08. The second-order valence-corrected chi connectivity index (χ2v) is 5.72. The summed E-state index contributed by atoms with van der Waals surface area (Å²) in [6.07, 6.45) is 3.51. The summed E-state index contributed by atoms with van der Waals surface area (Å²) >= 11 is 0. The first kappa shape index (κ1) is 14.3. The summed E-state index contributed by atoms with van der Waals surface area (Å²) in [6, 6.07) is 2.56. The summed E-state index contributed by atoms with van der Waals surface area (Å²) in [5.41, 5.74) is 1.12. The highest BCUT2D eigenvalue weighted by molar-refractivity contribution is 5.37. The molecule has 0 spiro atoms. The van der Waals surface area contributed by atoms with Crippen molar-refractivity contribution in [2.75, 3.05) is 25.5 Å². The van der Waals surface area contributed by atoms with Crippen LogP contribution in [0.5, 0.6) is 0 Å². The Bertz CT molecular complexity index is 411. The predicted octanol–water partition coefficient (Wildman–Crippen LogP) is 2.49. The minimum Gasteiger partial charge on any atom is -0.367 e. The molecule has 2 heterocycles. The number of hydrogen-bond acceptors (Lipinski definition) is 4. The highest BCUT2D eigenvalue weighted by Crippen LogP contribution is 2.22. The minimum absolute atomic E-state index is 0.479. The van der Waals surface area contributed by atoms with E-state index in [1.54, 1.807) is 0 Å². The zero-order valence-corrected chi connectivity index (χ0v) is 12.6. The molecule has 0 aliphatic carbocycles. The van der Waals surface area contributed by atoms with Gasteiger partial charge in [0, 0.05) is 17.8 Å². The van der Waals surface area contributed by atoms with E-state index in [1.165, 1.54) is 25.9 Å². The van der Waals surface area contributed by atoms with Crippen molar-refractivity contribution in [3.8, 4) is 0 Å². The van der Waals surface area contributed by atoms with Gasteiger partial charge in [-0.3, -0.25) is 0 Å². The molecule has 0 unspecified atom stereocenters. The maximum absolute atomic E-state index is 4.50. The Morgan fingerprint density at radius 2 is 2.05 bits per heavy atom. The third kappa shape index (κ3) is 3.90. The molecule has 1 aliphatic rings. The number of anilines is 1. The fraction of sp³-hybridized carbons (Fsp3) is 0.733. The molecule has 4 nitrogen and oxygen atoms in total. The van der Waals surface area contributed by atoms with Crippen LogP contribution >= 0.6 is 0 Å². The van der Waals surface area contributed by atoms with Crippen molar-refractivity contribution in [3.05, 3.63) is 17.6 Å². The van der Waals surface area contributed by atoms with E-state index in [0.717, 1.165) is 29.7 Å². The molecule has 1 fully saturated rings. The smallest absolute Gasteiger partial charge is 0.130 e. The van der Waals surface area contributed by atoms with Crippen LogP contribution in [-0.4, -0.2) is 41.0 Å². The molecule has 1 saturated heterocycles. The van der Waals surface area contributed by atoms with Crippen LogP contribution in [0.25, 0.3) is 0 Å². The van der Waals surface area contributed by atoms with E-state index in [-0.39, 0.29) is 0 Å². The molecule has 1 aromatic heterocycles. The SMILES string of the molecule is CCc1cc(N[C@H](C)C2CCN(C)CC2)nc(C)n1. The van der Waals surface area contributed by atoms with Crippen LogP contribution in [0.2, 0.25) is 0 Å². The summed E-state index contributed by atoms with van der Waals surface area (Å²) in [4.78, 5) is 11.3. The molecule has 106 valence electrons. The van der Waals surface area contributed by atoms with E-state index in [2.05, 4.69) is 47.1 Å². The molecule has 2 rings (SSSR count). The Hall–Kier alpha value is -1.16. The second-order valence-electron chi connectivity index (χ2n) is 5.72. The molecule has 0 amide bonds. The average molecular weight is 262 g/mol. The number of rotatable bonds is 4. The molecule has 0 saturated carbocycles. The van der Waals surface area contributed by atoms with Gasteiger partial charge in [-0.2, -0.15) is 0 Å². The Morgan fingerprint density at radius 1 is 1.37 bits per heavy atom. The van der Waals surface area contributed by atoms with Gasteiger partial charge in [-0.1, -0.05) is 6.92 Å². The van der Waals surface area contributed by atoms with Gasteiger partial charge in [0.05, 0.1) is 0 Å². The van der Waals surface area contributed by atoms with Crippen molar-refractivity contribution in [2.24, 2.45) is 5.92 Å². The summed E-state index contributed by atoms with van der Waals surface area (Å²) < 4.78 is 0. The minimum atomic E-state index is 0.479. The van der Waals surface area contributed by atoms with E-state index >= 15 is 0 Å². The van der Waals surface area contributed by atoms with Gasteiger partial charge in [0.1, 0.15) is 11.6 Å². The highest BCUT2D eigenvalue weighted by atomic mass is 15.1. The van der Waals surface area contributed by atoms with Crippen LogP contribution in [0, 0.1) is 12.8 Å². The first-order valence-electron chi connectivity index (χ1n) is 7.38. The van der Waals surface area contributed by atoms with Crippen molar-refractivity contribution in [2.45, 2.75) is 46.1 Å². The van der Waals surface area contributed by atoms with Gasteiger partial charge in [0.25, 0.3) is 0 Å². The van der Waals surface area contributed by atoms with E-state index in [0.29, 0.717) is 6.04 Å². The predicted molar refractivity (Wildman–Crippen MR) is 79.5 cm³/mol. The molecule has 0 radical (unpaired) electrons. The van der Waals surface area contributed by atoms with Gasteiger partial charge < -0.3 is 10.2 Å². The number of aryl methyl sites for hydroxylation is 2. The summed E-state index contributed by atoms with van der Waals surface area (Å²) in [7, 11) is 2.20. The van der Waals surface area contributed by atoms with E-state index in [4.69, 9.17) is 0 Å². The fourth-order valence-corrected chi connectivity index (χ4v) is 2.76. The summed E-state index contributed by atoms with van der Waals surface area (Å²) in [6.45, 7) is 8.79. The standard InChI is InChI=1S/C15H26N4/c1-5-14-10-15(18-12(3)17-14)16-11(2)13-6-8-19(4)9-7-13/h10-11,13H,5-9H2,1-4H3,(H,16,17,18)/t11-/m1/s1. The molecule has 1 N–H and O–H groups in total. The van der Waals surface area contributed by atoms with E-state index < -0.39 is 0 Å². The quantitative estimate of drug-likeness (QED) is 0.905. The number of nitrogens with zero attached hydrogens (tertiary/aromatic N) is 3. The Balaban J connectivity index is 1.98. The lowest BCUT2D eigenvalue weighted by Gasteiger charge is -2.33. The zero-order valence-electron chi connectivity index (χ0n) is 12.6. The third-order valence-electron chi connectivity index (χ3n) is 4.10. The van der Waals surface area contributed by atoms with Crippen LogP contribution in [0.15, 0.2) is 6.07 Å². The van der Waals surface area contributed by atoms with Gasteiger partial charge in [0.15, 0.2) is 0 Å². The number of aromatic nitrogens is 2. The van der Waals surface area contributed by atoms with E-state index in [1.807, 2.05) is 6.92 Å². The normalized spacial score (nSPS) is 19.4. The Labute approximate surface area is 116 Å². The molecule has 1 atom stereocenters. The maximum atomic E-state index is 4.50. The van der Waals surface area contributed by atoms with Crippen LogP contribution in [0.3, 0.4) is 0 Å². The van der Waals surface area contributed by atoms with Crippen molar-refractivity contribution in [3.63, 3.8) is 0 Å². The number of piperidine rings is 1. The van der Waals surface area contributed by atoms with Crippen LogP contribution in [0.1, 0.15) is 38.2 Å². The van der Waals surface area contributed by atoms with Gasteiger partial charge >= 0.3 is 0 Å². The lowest BCUT2D eigenvalue weighted by atomic mass is 9.90. The largest absolute Gasteiger partial charge is 0.367 e. The second kappa shape index (κ2) is 6.33. The lowest BCUT2D eigenvalue weighted by molar-refractivity contribution is 0.208. The van der Waals surface area contributed by atoms with Crippen molar-refractivity contribution >= 4 is 5.82 Å². The molecule has 4 heteroatoms. The van der Waals surface area contributed by atoms with E-state index in [9.17, 15) is 0 Å². The highest BCUT2D eigenvalue weighted by Gasteiger charge is 2.22. The molecule has 0 bridgehead atoms. The monoisotopic (exact) mass is 262 g/mol. The van der Waals surface area contributed by atoms with Gasteiger partial charge in [0.2, 0.25) is 0 Å². The first-order valence-corrected chi connectivity index (χ1v) is 7.38. The number of hydrogen-bond donors (Lipinski definition) is 1. The molecular formula is C15H26N4. The van der Waals surface area contributed by atoms with Gasteiger partial charge in [-0.05, 0) is 59.2 Å². The topological polar surface area (TPSA) is 41.0 Å². The Morgan fingerprint density at radius 3 is 2.68 bits per heavy atom. The van der Waals surface area contributed by atoms with Crippen LogP contribution in [-0.2, 0) is 6.42 Å². The van der Waals surface area contributed by atoms with Crippen molar-refractivity contribution < 1.29 is 0 Å². The molecular weight excluding hydrogens is 236 g/mol. The summed E-state index contributed by atoms with van der Waals surface area (Å²) in [5, 5.41) is 3.57. The fourth-order valence-electron chi connectivity index (χ4n) is 2.76. The molecule has 1 aromatic rings. The van der Waals surface area contributed by atoms with Crippen LogP contribution in [0.4, 0.5) is 5.82 Å². The number of likely N-dealkylation sites (tertiary alicyclic amines) is 1. The third-order valence-corrected chi connectivity index (χ3v) is 4.10. The molecule has 1 aliphatic heterocycles. The average Bonchev–Trinajstić information content (AvgIpc) is 2.38. The Kier molecular flexibility index (Phi) is 4.75. The zero-order chi connectivity index (χ0) is 13.8. The maximum Gasteiger partial charge on any atom is 0.130 e.